The Morgan fingerprint density at radius 1 is 1.00 bits per heavy atom. The van der Waals surface area contributed by atoms with Crippen LogP contribution in [0.5, 0.6) is 5.75 Å². The van der Waals surface area contributed by atoms with Crippen molar-refractivity contribution in [2.45, 2.75) is 31.7 Å². The smallest absolute Gasteiger partial charge is 0.300 e. The summed E-state index contributed by atoms with van der Waals surface area (Å²) in [6.45, 7) is 0. The van der Waals surface area contributed by atoms with Gasteiger partial charge in [-0.3, -0.25) is 14.5 Å². The van der Waals surface area contributed by atoms with Crippen LogP contribution in [0.15, 0.2) is 72.3 Å². The van der Waals surface area contributed by atoms with Crippen molar-refractivity contribution in [1.29, 1.82) is 5.26 Å². The number of hydrogen-bond acceptors (Lipinski definition) is 5. The van der Waals surface area contributed by atoms with Gasteiger partial charge in [0.15, 0.2) is 0 Å². The Bertz CT molecular complexity index is 1400. The number of para-hydroxylation sites is 1. The topological polar surface area (TPSA) is 90.6 Å². The molecular weight excluding hydrogens is 440 g/mol. The summed E-state index contributed by atoms with van der Waals surface area (Å²) in [7, 11) is 1.52. The van der Waals surface area contributed by atoms with Crippen LogP contribution >= 0.6 is 0 Å². The van der Waals surface area contributed by atoms with Gasteiger partial charge in [-0.25, -0.2) is 0 Å². The van der Waals surface area contributed by atoms with Gasteiger partial charge < -0.3 is 9.84 Å². The van der Waals surface area contributed by atoms with E-state index < -0.39 is 17.7 Å². The van der Waals surface area contributed by atoms with Crippen molar-refractivity contribution >= 4 is 23.1 Å². The molecule has 1 heterocycles. The first kappa shape index (κ1) is 22.4. The van der Waals surface area contributed by atoms with Gasteiger partial charge in [0, 0.05) is 16.8 Å². The van der Waals surface area contributed by atoms with Crippen LogP contribution in [0.25, 0.3) is 5.76 Å². The molecule has 0 radical (unpaired) electrons. The van der Waals surface area contributed by atoms with Gasteiger partial charge in [-0.1, -0.05) is 30.3 Å². The molecule has 1 fully saturated rings. The number of anilines is 1. The number of ether oxygens (including phenoxy) is 1. The fraction of sp³-hybridized carbons (Fsp3) is 0.207. The van der Waals surface area contributed by atoms with Crippen molar-refractivity contribution in [3.05, 3.63) is 100 Å². The third-order valence-corrected chi connectivity index (χ3v) is 6.77. The van der Waals surface area contributed by atoms with Gasteiger partial charge in [0.1, 0.15) is 11.5 Å². The summed E-state index contributed by atoms with van der Waals surface area (Å²) in [5, 5.41) is 20.6. The lowest BCUT2D eigenvalue weighted by Crippen LogP contribution is -2.29. The lowest BCUT2D eigenvalue weighted by atomic mass is 9.88. The quantitative estimate of drug-likeness (QED) is 0.331. The van der Waals surface area contributed by atoms with Gasteiger partial charge in [-0.2, -0.15) is 5.26 Å². The zero-order valence-corrected chi connectivity index (χ0v) is 19.3. The van der Waals surface area contributed by atoms with Crippen LogP contribution in [-0.4, -0.2) is 23.9 Å². The summed E-state index contributed by atoms with van der Waals surface area (Å²) < 4.78 is 5.56. The molecule has 1 atom stereocenters. The summed E-state index contributed by atoms with van der Waals surface area (Å²) >= 11 is 0. The van der Waals surface area contributed by atoms with Crippen molar-refractivity contribution in [2.24, 2.45) is 0 Å². The van der Waals surface area contributed by atoms with Crippen LogP contribution in [0.2, 0.25) is 0 Å². The van der Waals surface area contributed by atoms with Gasteiger partial charge in [0.05, 0.1) is 30.4 Å². The Balaban J connectivity index is 1.71. The molecule has 35 heavy (non-hydrogen) atoms. The van der Waals surface area contributed by atoms with E-state index in [9.17, 15) is 14.7 Å². The number of nitriles is 1. The molecule has 1 N–H and O–H groups in total. The summed E-state index contributed by atoms with van der Waals surface area (Å²) in [6.07, 6.45) is 4.15. The second kappa shape index (κ2) is 9.11. The van der Waals surface area contributed by atoms with Crippen LogP contribution in [0, 0.1) is 11.3 Å². The molecule has 6 heteroatoms. The third kappa shape index (κ3) is 3.85. The number of carbonyl (C=O) groups is 2. The van der Waals surface area contributed by atoms with E-state index in [2.05, 4.69) is 6.07 Å². The van der Waals surface area contributed by atoms with Crippen molar-refractivity contribution in [2.75, 3.05) is 12.0 Å². The monoisotopic (exact) mass is 464 g/mol. The first-order chi connectivity index (χ1) is 17.0. The minimum Gasteiger partial charge on any atom is -0.507 e. The lowest BCUT2D eigenvalue weighted by molar-refractivity contribution is -0.132. The minimum atomic E-state index is -0.893. The predicted molar refractivity (Wildman–Crippen MR) is 132 cm³/mol. The number of aliphatic hydroxyl groups excluding tert-OH is 1. The maximum absolute atomic E-state index is 13.4. The van der Waals surface area contributed by atoms with Crippen LogP contribution < -0.4 is 9.64 Å². The van der Waals surface area contributed by atoms with E-state index >= 15 is 0 Å². The van der Waals surface area contributed by atoms with E-state index in [0.29, 0.717) is 28.1 Å². The Morgan fingerprint density at radius 3 is 2.43 bits per heavy atom. The predicted octanol–water partition coefficient (Wildman–Crippen LogP) is 5.07. The van der Waals surface area contributed by atoms with E-state index in [4.69, 9.17) is 10.00 Å². The van der Waals surface area contributed by atoms with Crippen molar-refractivity contribution in [3.63, 3.8) is 0 Å². The second-order valence-corrected chi connectivity index (χ2v) is 8.76. The van der Waals surface area contributed by atoms with E-state index in [0.717, 1.165) is 31.2 Å². The highest BCUT2D eigenvalue weighted by molar-refractivity contribution is 6.51. The molecule has 1 aliphatic heterocycles. The van der Waals surface area contributed by atoms with E-state index in [1.807, 2.05) is 18.2 Å². The molecule has 0 saturated carbocycles. The number of carbonyl (C=O) groups excluding carboxylic acids is 2. The average Bonchev–Trinajstić information content (AvgIpc) is 3.17. The maximum atomic E-state index is 13.4. The zero-order chi connectivity index (χ0) is 24.5. The highest BCUT2D eigenvalue weighted by Gasteiger charge is 2.48. The number of ketones is 1. The maximum Gasteiger partial charge on any atom is 0.300 e. The van der Waals surface area contributed by atoms with Gasteiger partial charge in [0.2, 0.25) is 0 Å². The third-order valence-electron chi connectivity index (χ3n) is 6.77. The summed E-state index contributed by atoms with van der Waals surface area (Å²) in [6, 6.07) is 20.5. The number of nitrogens with zero attached hydrogens (tertiary/aromatic N) is 2. The standard InChI is InChI=1S/C29H24N2O4/c1-35-24-9-5-4-8-23(24)26-25(27(32)21-13-12-19-6-2-3-7-20(19)16-21)28(33)29(34)31(26)22-14-10-18(17-30)11-15-22/h4-5,8-16,26,32H,2-3,6-7H2,1H3/b27-25+. The molecule has 0 spiro atoms. The number of hydrogen-bond donors (Lipinski definition) is 1. The largest absolute Gasteiger partial charge is 0.507 e. The van der Waals surface area contributed by atoms with Crippen molar-refractivity contribution in [1.82, 2.24) is 0 Å². The van der Waals surface area contributed by atoms with Gasteiger partial charge >= 0.3 is 0 Å². The summed E-state index contributed by atoms with van der Waals surface area (Å²) in [5.41, 5.74) is 4.42. The van der Waals surface area contributed by atoms with Gasteiger partial charge in [-0.15, -0.1) is 0 Å². The molecule has 6 nitrogen and oxygen atoms in total. The Labute approximate surface area is 203 Å². The molecule has 1 unspecified atom stereocenters. The van der Waals surface area contributed by atoms with E-state index in [1.165, 1.54) is 17.6 Å². The number of Topliss-reactive ketones (excluding diaryl/α,β-unsaturated/α-hetero) is 1. The van der Waals surface area contributed by atoms with Gasteiger partial charge in [0.25, 0.3) is 11.7 Å². The summed E-state index contributed by atoms with van der Waals surface area (Å²) in [5.74, 6) is -1.22. The zero-order valence-electron chi connectivity index (χ0n) is 19.3. The van der Waals surface area contributed by atoms with E-state index in [1.54, 1.807) is 48.5 Å². The molecule has 3 aromatic rings. The van der Waals surface area contributed by atoms with Crippen LogP contribution in [0.1, 0.15) is 46.7 Å². The number of fused-ring (bicyclic) bond motifs is 1. The molecule has 0 bridgehead atoms. The normalized spacial score (nSPS) is 18.7. The molecule has 1 amide bonds. The molecule has 1 aliphatic carbocycles. The van der Waals surface area contributed by atoms with Crippen molar-refractivity contribution in [3.8, 4) is 11.8 Å². The van der Waals surface area contributed by atoms with Crippen LogP contribution in [-0.2, 0) is 22.4 Å². The number of amides is 1. The molecule has 2 aliphatic rings. The van der Waals surface area contributed by atoms with Crippen molar-refractivity contribution < 1.29 is 19.4 Å². The Hall–Kier alpha value is -4.37. The van der Waals surface area contributed by atoms with Crippen LogP contribution in [0.3, 0.4) is 0 Å². The average molecular weight is 465 g/mol. The summed E-state index contributed by atoms with van der Waals surface area (Å²) in [4.78, 5) is 28.1. The Morgan fingerprint density at radius 2 is 1.71 bits per heavy atom. The molecule has 3 aromatic carbocycles. The van der Waals surface area contributed by atoms with E-state index in [-0.39, 0.29) is 11.3 Å². The first-order valence-corrected chi connectivity index (χ1v) is 11.6. The molecule has 5 rings (SSSR count). The number of rotatable bonds is 4. The first-order valence-electron chi connectivity index (χ1n) is 11.6. The fourth-order valence-electron chi connectivity index (χ4n) is 5.02. The fourth-order valence-corrected chi connectivity index (χ4v) is 5.02. The molecule has 1 saturated heterocycles. The van der Waals surface area contributed by atoms with Crippen LogP contribution in [0.4, 0.5) is 5.69 Å². The SMILES string of the molecule is COc1ccccc1C1/C(=C(\O)c2ccc3c(c2)CCCC3)C(=O)C(=O)N1c1ccc(C#N)cc1. The molecule has 174 valence electrons. The second-order valence-electron chi connectivity index (χ2n) is 8.76. The number of aryl methyl sites for hydroxylation is 2. The molecule has 0 aromatic heterocycles. The highest BCUT2D eigenvalue weighted by atomic mass is 16.5. The highest BCUT2D eigenvalue weighted by Crippen LogP contribution is 2.45. The number of aliphatic hydroxyl groups is 1. The lowest BCUT2D eigenvalue weighted by Gasteiger charge is -2.26. The Kier molecular flexibility index (Phi) is 5.84. The number of benzene rings is 3. The van der Waals surface area contributed by atoms with Gasteiger partial charge in [-0.05, 0) is 73.2 Å². The number of methoxy groups -OCH3 is 1. The minimum absolute atomic E-state index is 0.0135. The molecular formula is C29H24N2O4.